The van der Waals surface area contributed by atoms with Crippen molar-refractivity contribution in [2.45, 2.75) is 9.50 Å². The molecule has 0 unspecified atom stereocenters. The van der Waals surface area contributed by atoms with Crippen molar-refractivity contribution in [2.75, 3.05) is 16.8 Å². The lowest BCUT2D eigenvalue weighted by atomic mass is 10.7. The molecule has 100 valence electrons. The van der Waals surface area contributed by atoms with Crippen molar-refractivity contribution in [3.63, 3.8) is 0 Å². The number of carbonyl (C=O) groups is 1. The first-order chi connectivity index (χ1) is 9.28. The van der Waals surface area contributed by atoms with E-state index in [0.29, 0.717) is 10.3 Å². The van der Waals surface area contributed by atoms with Gasteiger partial charge in [0.05, 0.1) is 5.75 Å². The number of rotatable bonds is 7. The lowest BCUT2D eigenvalue weighted by molar-refractivity contribution is -0.113. The third-order valence-corrected chi connectivity index (χ3v) is 4.55. The van der Waals surface area contributed by atoms with Gasteiger partial charge >= 0.3 is 0 Å². The SMILES string of the molecule is C=CCSc1nnc(NC(=O)CSc2ncn[nH]2)s1. The van der Waals surface area contributed by atoms with Gasteiger partial charge in [-0.25, -0.2) is 4.98 Å². The van der Waals surface area contributed by atoms with Crippen LogP contribution in [0.5, 0.6) is 0 Å². The topological polar surface area (TPSA) is 96.5 Å². The molecule has 2 rings (SSSR count). The lowest BCUT2D eigenvalue weighted by Gasteiger charge is -1.98. The molecule has 19 heavy (non-hydrogen) atoms. The molecule has 0 aliphatic carbocycles. The largest absolute Gasteiger partial charge is 0.300 e. The van der Waals surface area contributed by atoms with Gasteiger partial charge in [-0.05, 0) is 0 Å². The summed E-state index contributed by atoms with van der Waals surface area (Å²) in [5, 5.41) is 18.0. The van der Waals surface area contributed by atoms with Crippen LogP contribution in [-0.4, -0.2) is 42.8 Å². The monoisotopic (exact) mass is 314 g/mol. The first kappa shape index (κ1) is 14.0. The van der Waals surface area contributed by atoms with Crippen LogP contribution < -0.4 is 5.32 Å². The van der Waals surface area contributed by atoms with Gasteiger partial charge in [0.1, 0.15) is 6.33 Å². The minimum absolute atomic E-state index is 0.155. The molecule has 0 saturated heterocycles. The Morgan fingerprint density at radius 2 is 2.42 bits per heavy atom. The molecule has 0 aromatic carbocycles. The summed E-state index contributed by atoms with van der Waals surface area (Å²) in [7, 11) is 0. The Kier molecular flexibility index (Phi) is 5.36. The van der Waals surface area contributed by atoms with Gasteiger partial charge in [-0.3, -0.25) is 15.2 Å². The van der Waals surface area contributed by atoms with E-state index in [1.807, 2.05) is 0 Å². The summed E-state index contributed by atoms with van der Waals surface area (Å²) >= 11 is 4.14. The average molecular weight is 314 g/mol. The van der Waals surface area contributed by atoms with Crippen LogP contribution in [0, 0.1) is 0 Å². The molecule has 10 heteroatoms. The molecule has 2 aromatic heterocycles. The molecule has 2 N–H and O–H groups in total. The number of nitrogens with one attached hydrogen (secondary N) is 2. The van der Waals surface area contributed by atoms with Gasteiger partial charge < -0.3 is 0 Å². The summed E-state index contributed by atoms with van der Waals surface area (Å²) in [4.78, 5) is 15.6. The summed E-state index contributed by atoms with van der Waals surface area (Å²) in [6.45, 7) is 3.63. The van der Waals surface area contributed by atoms with E-state index in [-0.39, 0.29) is 11.7 Å². The fraction of sp³-hybridized carbons (Fsp3) is 0.222. The molecule has 2 heterocycles. The van der Waals surface area contributed by atoms with Crippen molar-refractivity contribution in [2.24, 2.45) is 0 Å². The van der Waals surface area contributed by atoms with Crippen LogP contribution in [-0.2, 0) is 4.79 Å². The van der Waals surface area contributed by atoms with E-state index in [4.69, 9.17) is 0 Å². The highest BCUT2D eigenvalue weighted by atomic mass is 32.2. The van der Waals surface area contributed by atoms with E-state index in [1.165, 1.54) is 41.2 Å². The van der Waals surface area contributed by atoms with E-state index >= 15 is 0 Å². The maximum atomic E-state index is 11.7. The number of carbonyl (C=O) groups excluding carboxylic acids is 1. The molecule has 0 radical (unpaired) electrons. The zero-order chi connectivity index (χ0) is 13.5. The van der Waals surface area contributed by atoms with Gasteiger partial charge in [0.15, 0.2) is 9.50 Å². The van der Waals surface area contributed by atoms with Crippen LogP contribution in [0.1, 0.15) is 0 Å². The Balaban J connectivity index is 1.78. The second kappa shape index (κ2) is 7.26. The Morgan fingerprint density at radius 3 is 3.16 bits per heavy atom. The molecule has 0 aliphatic heterocycles. The quantitative estimate of drug-likeness (QED) is 0.456. The molecule has 1 amide bonds. The van der Waals surface area contributed by atoms with Crippen molar-refractivity contribution in [1.29, 1.82) is 0 Å². The number of thioether (sulfide) groups is 2. The van der Waals surface area contributed by atoms with Crippen molar-refractivity contribution in [3.8, 4) is 0 Å². The number of aromatic amines is 1. The predicted molar refractivity (Wildman–Crippen MR) is 76.6 cm³/mol. The van der Waals surface area contributed by atoms with E-state index < -0.39 is 0 Å². The van der Waals surface area contributed by atoms with E-state index in [2.05, 4.69) is 37.3 Å². The van der Waals surface area contributed by atoms with Gasteiger partial charge in [-0.2, -0.15) is 5.10 Å². The number of aromatic nitrogens is 5. The maximum Gasteiger partial charge on any atom is 0.236 e. The Labute approximate surface area is 121 Å². The van der Waals surface area contributed by atoms with E-state index in [0.717, 1.165) is 10.1 Å². The van der Waals surface area contributed by atoms with Gasteiger partial charge in [0.2, 0.25) is 11.0 Å². The summed E-state index contributed by atoms with van der Waals surface area (Å²) in [5.41, 5.74) is 0. The summed E-state index contributed by atoms with van der Waals surface area (Å²) in [5.74, 6) is 0.853. The second-order valence-corrected chi connectivity index (χ2v) is 6.31. The minimum Gasteiger partial charge on any atom is -0.300 e. The van der Waals surface area contributed by atoms with Crippen LogP contribution in [0.3, 0.4) is 0 Å². The molecule has 0 atom stereocenters. The fourth-order valence-electron chi connectivity index (χ4n) is 1.00. The van der Waals surface area contributed by atoms with Crippen molar-refractivity contribution >= 4 is 45.9 Å². The van der Waals surface area contributed by atoms with E-state index in [1.54, 1.807) is 6.08 Å². The Hall–Kier alpha value is -1.39. The standard InChI is InChI=1S/C9H10N6OS3/c1-2-3-17-9-15-14-8(19-9)12-6(16)4-18-7-10-5-11-13-7/h2,5H,1,3-4H2,(H,10,11,13)(H,12,14,16). The normalized spacial score (nSPS) is 10.3. The van der Waals surface area contributed by atoms with Crippen LogP contribution in [0.4, 0.5) is 5.13 Å². The zero-order valence-corrected chi connectivity index (χ0v) is 12.1. The van der Waals surface area contributed by atoms with Crippen LogP contribution in [0.15, 0.2) is 28.5 Å². The van der Waals surface area contributed by atoms with Crippen molar-refractivity contribution in [1.82, 2.24) is 25.4 Å². The van der Waals surface area contributed by atoms with Gasteiger partial charge in [0.25, 0.3) is 0 Å². The molecule has 7 nitrogen and oxygen atoms in total. The highest BCUT2D eigenvalue weighted by molar-refractivity contribution is 8.01. The predicted octanol–water partition coefficient (Wildman–Crippen LogP) is 1.67. The lowest BCUT2D eigenvalue weighted by Crippen LogP contribution is -2.13. The maximum absolute atomic E-state index is 11.7. The van der Waals surface area contributed by atoms with Crippen LogP contribution in [0.25, 0.3) is 0 Å². The molecule has 0 fully saturated rings. The first-order valence-electron chi connectivity index (χ1n) is 5.13. The highest BCUT2D eigenvalue weighted by Crippen LogP contribution is 2.25. The summed E-state index contributed by atoms with van der Waals surface area (Å²) in [6, 6.07) is 0. The average Bonchev–Trinajstić information content (AvgIpc) is 3.05. The number of nitrogens with zero attached hydrogens (tertiary/aromatic N) is 4. The smallest absolute Gasteiger partial charge is 0.236 e. The fourth-order valence-corrected chi connectivity index (χ4v) is 3.11. The minimum atomic E-state index is -0.155. The Morgan fingerprint density at radius 1 is 1.53 bits per heavy atom. The number of hydrogen-bond donors (Lipinski definition) is 2. The first-order valence-corrected chi connectivity index (χ1v) is 7.92. The highest BCUT2D eigenvalue weighted by Gasteiger charge is 2.09. The molecule has 0 bridgehead atoms. The third-order valence-electron chi connectivity index (χ3n) is 1.71. The molecule has 2 aromatic rings. The summed E-state index contributed by atoms with van der Waals surface area (Å²) in [6.07, 6.45) is 3.19. The zero-order valence-electron chi connectivity index (χ0n) is 9.70. The van der Waals surface area contributed by atoms with E-state index in [9.17, 15) is 4.79 Å². The van der Waals surface area contributed by atoms with Gasteiger partial charge in [-0.1, -0.05) is 40.9 Å². The number of H-pyrrole nitrogens is 1. The van der Waals surface area contributed by atoms with Gasteiger partial charge in [-0.15, -0.1) is 16.8 Å². The molecule has 0 aliphatic rings. The molecular weight excluding hydrogens is 304 g/mol. The van der Waals surface area contributed by atoms with Crippen LogP contribution >= 0.6 is 34.9 Å². The number of amides is 1. The third kappa shape index (κ3) is 4.65. The molecule has 0 spiro atoms. The Bertz CT molecular complexity index is 540. The number of hydrogen-bond acceptors (Lipinski definition) is 8. The molecular formula is C9H10N6OS3. The summed E-state index contributed by atoms with van der Waals surface area (Å²) < 4.78 is 0.804. The number of anilines is 1. The second-order valence-electron chi connectivity index (χ2n) is 3.10. The molecule has 0 saturated carbocycles. The van der Waals surface area contributed by atoms with Crippen LogP contribution in [0.2, 0.25) is 0 Å². The van der Waals surface area contributed by atoms with Crippen molar-refractivity contribution < 1.29 is 4.79 Å². The van der Waals surface area contributed by atoms with Crippen molar-refractivity contribution in [3.05, 3.63) is 19.0 Å². The van der Waals surface area contributed by atoms with Gasteiger partial charge in [0, 0.05) is 5.75 Å².